The van der Waals surface area contributed by atoms with Crippen LogP contribution in [0.4, 0.5) is 0 Å². The second-order valence-electron chi connectivity index (χ2n) is 4.70. The molecule has 1 saturated heterocycles. The van der Waals surface area contributed by atoms with Crippen LogP contribution in [0.2, 0.25) is 5.02 Å². The minimum atomic E-state index is 0.0389. The Morgan fingerprint density at radius 2 is 2.05 bits per heavy atom. The highest BCUT2D eigenvalue weighted by Gasteiger charge is 2.27. The first-order valence-corrected chi connectivity index (χ1v) is 7.12. The maximum Gasteiger partial charge on any atom is 0.180 e. The molecule has 104 valence electrons. The van der Waals surface area contributed by atoms with Crippen LogP contribution in [0.1, 0.15) is 24.2 Å². The fourth-order valence-corrected chi connectivity index (χ4v) is 2.92. The zero-order valence-electron chi connectivity index (χ0n) is 11.0. The minimum absolute atomic E-state index is 0.0389. The van der Waals surface area contributed by atoms with Crippen LogP contribution in [0.25, 0.3) is 0 Å². The van der Waals surface area contributed by atoms with Crippen molar-refractivity contribution in [3.63, 3.8) is 0 Å². The van der Waals surface area contributed by atoms with E-state index in [1.807, 2.05) is 6.07 Å². The van der Waals surface area contributed by atoms with Gasteiger partial charge in [-0.25, -0.2) is 0 Å². The van der Waals surface area contributed by atoms with Gasteiger partial charge in [0, 0.05) is 18.7 Å². The molecule has 0 bridgehead atoms. The van der Waals surface area contributed by atoms with E-state index in [2.05, 4.69) is 12.2 Å². The highest BCUT2D eigenvalue weighted by Crippen LogP contribution is 2.44. The Kier molecular flexibility index (Phi) is 3.82. The van der Waals surface area contributed by atoms with Crippen molar-refractivity contribution in [3.05, 3.63) is 22.2 Å². The van der Waals surface area contributed by atoms with Crippen LogP contribution in [-0.4, -0.2) is 32.9 Å². The Morgan fingerprint density at radius 1 is 1.26 bits per heavy atom. The highest BCUT2D eigenvalue weighted by atomic mass is 35.5. The minimum Gasteiger partial charge on any atom is -0.486 e. The lowest BCUT2D eigenvalue weighted by Crippen LogP contribution is -2.34. The molecule has 1 atom stereocenters. The van der Waals surface area contributed by atoms with Gasteiger partial charge in [0.25, 0.3) is 0 Å². The third-order valence-corrected chi connectivity index (χ3v) is 3.81. The molecule has 0 aliphatic carbocycles. The summed E-state index contributed by atoms with van der Waals surface area (Å²) in [5, 5.41) is 3.95. The molecule has 5 heteroatoms. The van der Waals surface area contributed by atoms with Crippen molar-refractivity contribution >= 4 is 11.6 Å². The van der Waals surface area contributed by atoms with Gasteiger partial charge in [-0.05, 0) is 18.1 Å². The quantitative estimate of drug-likeness (QED) is 0.904. The van der Waals surface area contributed by atoms with Crippen LogP contribution in [0.15, 0.2) is 6.07 Å². The second kappa shape index (κ2) is 5.57. The van der Waals surface area contributed by atoms with Gasteiger partial charge in [0.15, 0.2) is 11.5 Å². The molecule has 2 aliphatic rings. The fraction of sp³-hybridized carbons (Fsp3) is 0.571. The predicted octanol–water partition coefficient (Wildman–Crippen LogP) is 2.33. The molecule has 4 nitrogen and oxygen atoms in total. The lowest BCUT2D eigenvalue weighted by Gasteiger charge is -2.29. The average Bonchev–Trinajstić information content (AvgIpc) is 2.48. The molecule has 2 aliphatic heterocycles. The number of hydrogen-bond donors (Lipinski definition) is 1. The standard InChI is InChI=1S/C14H18ClNO3/c1-2-9-10(12-8-16-3-4-17-12)7-11(15)14-13(9)18-5-6-19-14/h7,12,16H,2-6,8H2,1H3. The number of fused-ring (bicyclic) bond motifs is 1. The molecule has 3 rings (SSSR count). The molecule has 0 radical (unpaired) electrons. The van der Waals surface area contributed by atoms with E-state index < -0.39 is 0 Å². The molecule has 0 aromatic heterocycles. The van der Waals surface area contributed by atoms with Crippen LogP contribution in [0, 0.1) is 0 Å². The van der Waals surface area contributed by atoms with Crippen molar-refractivity contribution in [2.24, 2.45) is 0 Å². The molecule has 1 aromatic rings. The summed E-state index contributed by atoms with van der Waals surface area (Å²) in [6.07, 6.45) is 0.912. The zero-order chi connectivity index (χ0) is 13.2. The third-order valence-electron chi connectivity index (χ3n) is 3.53. The molecule has 1 aromatic carbocycles. The summed E-state index contributed by atoms with van der Waals surface area (Å²) >= 11 is 6.31. The summed E-state index contributed by atoms with van der Waals surface area (Å²) in [4.78, 5) is 0. The van der Waals surface area contributed by atoms with Crippen LogP contribution in [0.3, 0.4) is 0 Å². The summed E-state index contributed by atoms with van der Waals surface area (Å²) in [6.45, 7) is 5.67. The molecular weight excluding hydrogens is 266 g/mol. The Labute approximate surface area is 118 Å². The predicted molar refractivity (Wildman–Crippen MR) is 73.4 cm³/mol. The largest absolute Gasteiger partial charge is 0.486 e. The summed E-state index contributed by atoms with van der Waals surface area (Å²) in [5.74, 6) is 1.47. The maximum atomic E-state index is 6.31. The van der Waals surface area contributed by atoms with Crippen molar-refractivity contribution in [1.29, 1.82) is 0 Å². The molecule has 2 heterocycles. The van der Waals surface area contributed by atoms with E-state index in [4.69, 9.17) is 25.8 Å². The maximum absolute atomic E-state index is 6.31. The van der Waals surface area contributed by atoms with Gasteiger partial charge in [0.2, 0.25) is 0 Å². The molecule has 19 heavy (non-hydrogen) atoms. The van der Waals surface area contributed by atoms with E-state index in [0.29, 0.717) is 24.0 Å². The SMILES string of the molecule is CCc1c(C2CNCCO2)cc(Cl)c2c1OCCO2. The van der Waals surface area contributed by atoms with Gasteiger partial charge in [-0.3, -0.25) is 0 Å². The number of hydrogen-bond acceptors (Lipinski definition) is 4. The lowest BCUT2D eigenvalue weighted by atomic mass is 9.97. The Bertz CT molecular complexity index is 472. The normalized spacial score (nSPS) is 22.3. The van der Waals surface area contributed by atoms with E-state index in [1.54, 1.807) is 0 Å². The fourth-order valence-electron chi connectivity index (χ4n) is 2.66. The Balaban J connectivity index is 2.05. The summed E-state index contributed by atoms with van der Waals surface area (Å²) in [6, 6.07) is 1.96. The first-order valence-electron chi connectivity index (χ1n) is 6.74. The molecule has 0 saturated carbocycles. The summed E-state index contributed by atoms with van der Waals surface area (Å²) in [7, 11) is 0. The Hall–Kier alpha value is -0.970. The van der Waals surface area contributed by atoms with E-state index in [1.165, 1.54) is 0 Å². The van der Waals surface area contributed by atoms with Crippen molar-refractivity contribution < 1.29 is 14.2 Å². The van der Waals surface area contributed by atoms with Crippen LogP contribution >= 0.6 is 11.6 Å². The first-order chi connectivity index (χ1) is 9.31. The van der Waals surface area contributed by atoms with Crippen LogP contribution in [-0.2, 0) is 11.2 Å². The number of nitrogens with one attached hydrogen (secondary N) is 1. The molecule has 0 spiro atoms. The van der Waals surface area contributed by atoms with E-state index >= 15 is 0 Å². The smallest absolute Gasteiger partial charge is 0.180 e. The van der Waals surface area contributed by atoms with Crippen molar-refractivity contribution in [2.75, 3.05) is 32.9 Å². The molecule has 0 amide bonds. The molecule has 1 fully saturated rings. The summed E-state index contributed by atoms with van der Waals surface area (Å²) < 4.78 is 17.2. The average molecular weight is 284 g/mol. The topological polar surface area (TPSA) is 39.7 Å². The number of halogens is 1. The van der Waals surface area contributed by atoms with Gasteiger partial charge in [0.1, 0.15) is 13.2 Å². The van der Waals surface area contributed by atoms with Gasteiger partial charge >= 0.3 is 0 Å². The van der Waals surface area contributed by atoms with Crippen LogP contribution in [0.5, 0.6) is 11.5 Å². The van der Waals surface area contributed by atoms with Crippen molar-refractivity contribution in [2.45, 2.75) is 19.4 Å². The van der Waals surface area contributed by atoms with Gasteiger partial charge in [-0.1, -0.05) is 18.5 Å². The van der Waals surface area contributed by atoms with E-state index in [0.717, 1.165) is 43.0 Å². The molecule has 1 N–H and O–H groups in total. The van der Waals surface area contributed by atoms with Gasteiger partial charge in [-0.15, -0.1) is 0 Å². The van der Waals surface area contributed by atoms with Gasteiger partial charge < -0.3 is 19.5 Å². The number of benzene rings is 1. The van der Waals surface area contributed by atoms with Crippen molar-refractivity contribution in [1.82, 2.24) is 5.32 Å². The second-order valence-corrected chi connectivity index (χ2v) is 5.11. The first kappa shape index (κ1) is 13.0. The number of rotatable bonds is 2. The molecule has 1 unspecified atom stereocenters. The van der Waals surface area contributed by atoms with Crippen LogP contribution < -0.4 is 14.8 Å². The highest BCUT2D eigenvalue weighted by molar-refractivity contribution is 6.32. The monoisotopic (exact) mass is 283 g/mol. The number of morpholine rings is 1. The molecular formula is C14H18ClNO3. The zero-order valence-corrected chi connectivity index (χ0v) is 11.8. The van der Waals surface area contributed by atoms with E-state index in [9.17, 15) is 0 Å². The van der Waals surface area contributed by atoms with Gasteiger partial charge in [-0.2, -0.15) is 0 Å². The lowest BCUT2D eigenvalue weighted by molar-refractivity contribution is 0.0268. The van der Waals surface area contributed by atoms with Crippen molar-refractivity contribution in [3.8, 4) is 11.5 Å². The number of ether oxygens (including phenoxy) is 3. The third kappa shape index (κ3) is 2.40. The Morgan fingerprint density at radius 3 is 2.74 bits per heavy atom. The van der Waals surface area contributed by atoms with E-state index in [-0.39, 0.29) is 6.10 Å². The van der Waals surface area contributed by atoms with Gasteiger partial charge in [0.05, 0.1) is 17.7 Å². The summed E-state index contributed by atoms with van der Waals surface area (Å²) in [5.41, 5.74) is 2.26.